The summed E-state index contributed by atoms with van der Waals surface area (Å²) in [4.78, 5) is 13.7. The third-order valence-electron chi connectivity index (χ3n) is 2.27. The number of carbonyl (C=O) groups excluding carboxylic acids is 1. The molecule has 0 fully saturated rings. The molecule has 0 heterocycles. The van der Waals surface area contributed by atoms with Crippen molar-refractivity contribution in [3.05, 3.63) is 12.2 Å². The predicted molar refractivity (Wildman–Crippen MR) is 64.5 cm³/mol. The van der Waals surface area contributed by atoms with Gasteiger partial charge in [0.2, 0.25) is 5.91 Å². The average Bonchev–Trinajstić information content (AvgIpc) is 2.11. The minimum absolute atomic E-state index is 0.0469. The molecule has 0 saturated heterocycles. The van der Waals surface area contributed by atoms with E-state index in [0.717, 1.165) is 12.0 Å². The minimum atomic E-state index is -0.0469. The van der Waals surface area contributed by atoms with E-state index in [2.05, 4.69) is 20.4 Å². The Kier molecular flexibility index (Phi) is 6.25. The number of hydrogen-bond acceptors (Lipinski definition) is 2. The molecular formula is C12H24N2O. The van der Waals surface area contributed by atoms with Crippen LogP contribution in [0, 0.1) is 11.8 Å². The van der Waals surface area contributed by atoms with Crippen LogP contribution in [0.5, 0.6) is 0 Å². The third-order valence-corrected chi connectivity index (χ3v) is 2.27. The van der Waals surface area contributed by atoms with Crippen molar-refractivity contribution in [1.29, 1.82) is 0 Å². The van der Waals surface area contributed by atoms with Gasteiger partial charge in [-0.1, -0.05) is 26.0 Å². The lowest BCUT2D eigenvalue weighted by atomic mass is 9.96. The number of nitrogens with zero attached hydrogens (tertiary/aromatic N) is 1. The highest BCUT2D eigenvalue weighted by Gasteiger charge is 2.21. The highest BCUT2D eigenvalue weighted by Crippen LogP contribution is 2.13. The number of amides is 1. The molecular weight excluding hydrogens is 188 g/mol. The summed E-state index contributed by atoms with van der Waals surface area (Å²) in [5.41, 5.74) is 6.61. The second-order valence-electron chi connectivity index (χ2n) is 4.71. The van der Waals surface area contributed by atoms with Gasteiger partial charge in [-0.25, -0.2) is 0 Å². The van der Waals surface area contributed by atoms with E-state index in [0.29, 0.717) is 19.0 Å². The van der Waals surface area contributed by atoms with Gasteiger partial charge in [-0.05, 0) is 19.3 Å². The van der Waals surface area contributed by atoms with Crippen LogP contribution in [0.3, 0.4) is 0 Å². The summed E-state index contributed by atoms with van der Waals surface area (Å²) in [6, 6.07) is 0. The van der Waals surface area contributed by atoms with Crippen LogP contribution in [-0.2, 0) is 4.79 Å². The molecule has 2 N–H and O–H groups in total. The lowest BCUT2D eigenvalue weighted by molar-refractivity contribution is -0.134. The molecule has 0 radical (unpaired) electrons. The summed E-state index contributed by atoms with van der Waals surface area (Å²) in [6.45, 7) is 11.0. The first-order valence-electron chi connectivity index (χ1n) is 5.47. The zero-order valence-corrected chi connectivity index (χ0v) is 10.4. The molecule has 0 spiro atoms. The van der Waals surface area contributed by atoms with Gasteiger partial charge in [0.25, 0.3) is 0 Å². The third kappa shape index (κ3) is 5.57. The fraction of sp³-hybridized carbons (Fsp3) is 0.750. The zero-order valence-electron chi connectivity index (χ0n) is 10.4. The standard InChI is InChI=1S/C12H24N2O/c1-9(2)6-11(7-13)12(15)14(5)8-10(3)4/h9,11H,3,6-8,13H2,1-2,4-5H3. The van der Waals surface area contributed by atoms with Gasteiger partial charge < -0.3 is 10.6 Å². The van der Waals surface area contributed by atoms with Crippen LogP contribution < -0.4 is 5.73 Å². The van der Waals surface area contributed by atoms with Gasteiger partial charge in [-0.2, -0.15) is 0 Å². The second kappa shape index (κ2) is 6.62. The number of nitrogens with two attached hydrogens (primary N) is 1. The Balaban J connectivity index is 4.30. The van der Waals surface area contributed by atoms with Gasteiger partial charge >= 0.3 is 0 Å². The van der Waals surface area contributed by atoms with Crippen LogP contribution in [0.1, 0.15) is 27.2 Å². The Morgan fingerprint density at radius 2 is 2.00 bits per heavy atom. The highest BCUT2D eigenvalue weighted by atomic mass is 16.2. The molecule has 1 unspecified atom stereocenters. The van der Waals surface area contributed by atoms with Crippen molar-refractivity contribution in [3.63, 3.8) is 0 Å². The van der Waals surface area contributed by atoms with Crippen molar-refractivity contribution >= 4 is 5.91 Å². The fourth-order valence-corrected chi connectivity index (χ4v) is 1.66. The smallest absolute Gasteiger partial charge is 0.226 e. The Hall–Kier alpha value is -0.830. The summed E-state index contributed by atoms with van der Waals surface area (Å²) in [6.07, 6.45) is 0.857. The van der Waals surface area contributed by atoms with Crippen molar-refractivity contribution in [2.24, 2.45) is 17.6 Å². The van der Waals surface area contributed by atoms with Crippen LogP contribution in [0.4, 0.5) is 0 Å². The SMILES string of the molecule is C=C(C)CN(C)C(=O)C(CN)CC(C)C. The molecule has 0 aromatic heterocycles. The van der Waals surface area contributed by atoms with Gasteiger partial charge in [0.15, 0.2) is 0 Å². The predicted octanol–water partition coefficient (Wildman–Crippen LogP) is 1.64. The molecule has 0 aromatic carbocycles. The summed E-state index contributed by atoms with van der Waals surface area (Å²) in [7, 11) is 1.81. The summed E-state index contributed by atoms with van der Waals surface area (Å²) in [5.74, 6) is 0.587. The van der Waals surface area contributed by atoms with Crippen molar-refractivity contribution in [1.82, 2.24) is 4.90 Å². The molecule has 0 bridgehead atoms. The van der Waals surface area contributed by atoms with Gasteiger partial charge in [-0.15, -0.1) is 0 Å². The van der Waals surface area contributed by atoms with Gasteiger partial charge in [-0.3, -0.25) is 4.79 Å². The Bertz CT molecular complexity index is 224. The molecule has 15 heavy (non-hydrogen) atoms. The quantitative estimate of drug-likeness (QED) is 0.680. The van der Waals surface area contributed by atoms with E-state index in [4.69, 9.17) is 5.73 Å². The number of rotatable bonds is 6. The minimum Gasteiger partial charge on any atom is -0.342 e. The lowest BCUT2D eigenvalue weighted by Gasteiger charge is -2.24. The van der Waals surface area contributed by atoms with Crippen LogP contribution in [0.25, 0.3) is 0 Å². The summed E-state index contributed by atoms with van der Waals surface area (Å²) < 4.78 is 0. The highest BCUT2D eigenvalue weighted by molar-refractivity contribution is 5.79. The second-order valence-corrected chi connectivity index (χ2v) is 4.71. The first kappa shape index (κ1) is 14.2. The number of hydrogen-bond donors (Lipinski definition) is 1. The molecule has 3 heteroatoms. The summed E-state index contributed by atoms with van der Waals surface area (Å²) >= 11 is 0. The Morgan fingerprint density at radius 1 is 1.47 bits per heavy atom. The van der Waals surface area contributed by atoms with E-state index < -0.39 is 0 Å². The van der Waals surface area contributed by atoms with Gasteiger partial charge in [0.1, 0.15) is 0 Å². The van der Waals surface area contributed by atoms with E-state index in [-0.39, 0.29) is 11.8 Å². The largest absolute Gasteiger partial charge is 0.342 e. The Morgan fingerprint density at radius 3 is 2.33 bits per heavy atom. The van der Waals surface area contributed by atoms with Crippen LogP contribution in [-0.4, -0.2) is 30.9 Å². The van der Waals surface area contributed by atoms with Crippen LogP contribution >= 0.6 is 0 Å². The molecule has 0 aliphatic rings. The van der Waals surface area contributed by atoms with Crippen molar-refractivity contribution in [2.75, 3.05) is 20.1 Å². The van der Waals surface area contributed by atoms with E-state index in [1.807, 2.05) is 6.92 Å². The monoisotopic (exact) mass is 212 g/mol. The first-order chi connectivity index (χ1) is 6.88. The van der Waals surface area contributed by atoms with E-state index in [1.54, 1.807) is 11.9 Å². The maximum absolute atomic E-state index is 12.0. The summed E-state index contributed by atoms with van der Waals surface area (Å²) in [5, 5.41) is 0. The molecule has 3 nitrogen and oxygen atoms in total. The van der Waals surface area contributed by atoms with Crippen molar-refractivity contribution < 1.29 is 4.79 Å². The molecule has 0 aliphatic carbocycles. The van der Waals surface area contributed by atoms with Gasteiger partial charge in [0, 0.05) is 20.1 Å². The van der Waals surface area contributed by atoms with Crippen molar-refractivity contribution in [3.8, 4) is 0 Å². The lowest BCUT2D eigenvalue weighted by Crippen LogP contribution is -2.38. The molecule has 0 saturated carbocycles. The molecule has 1 amide bonds. The zero-order chi connectivity index (χ0) is 12.0. The van der Waals surface area contributed by atoms with Gasteiger partial charge in [0.05, 0.1) is 5.92 Å². The number of likely N-dealkylation sites (N-methyl/N-ethyl adjacent to an activating group) is 1. The van der Waals surface area contributed by atoms with Crippen LogP contribution in [0.15, 0.2) is 12.2 Å². The topological polar surface area (TPSA) is 46.3 Å². The molecule has 0 aromatic rings. The normalized spacial score (nSPS) is 12.7. The van der Waals surface area contributed by atoms with Crippen molar-refractivity contribution in [2.45, 2.75) is 27.2 Å². The maximum Gasteiger partial charge on any atom is 0.226 e. The number of carbonyl (C=O) groups is 1. The fourth-order valence-electron chi connectivity index (χ4n) is 1.66. The van der Waals surface area contributed by atoms with E-state index in [1.165, 1.54) is 0 Å². The Labute approximate surface area is 93.3 Å². The molecule has 1 atom stereocenters. The molecule has 0 aliphatic heterocycles. The maximum atomic E-state index is 12.0. The molecule has 0 rings (SSSR count). The molecule has 88 valence electrons. The van der Waals surface area contributed by atoms with E-state index in [9.17, 15) is 4.79 Å². The van der Waals surface area contributed by atoms with Crippen LogP contribution in [0.2, 0.25) is 0 Å². The first-order valence-corrected chi connectivity index (χ1v) is 5.47. The van der Waals surface area contributed by atoms with E-state index >= 15 is 0 Å². The average molecular weight is 212 g/mol.